The number of rotatable bonds is 5. The van der Waals surface area contributed by atoms with Crippen molar-refractivity contribution in [1.29, 1.82) is 0 Å². The maximum Gasteiger partial charge on any atom is 0.251 e. The number of benzene rings is 2. The van der Waals surface area contributed by atoms with Crippen LogP contribution in [0.1, 0.15) is 36.7 Å². The molecule has 2 aromatic carbocycles. The summed E-state index contributed by atoms with van der Waals surface area (Å²) in [4.78, 5) is 12.1. The lowest BCUT2D eigenvalue weighted by molar-refractivity contribution is 0.0947. The molecule has 122 valence electrons. The van der Waals surface area contributed by atoms with Gasteiger partial charge < -0.3 is 15.8 Å². The molecule has 0 saturated heterocycles. The van der Waals surface area contributed by atoms with E-state index in [1.54, 1.807) is 6.07 Å². The van der Waals surface area contributed by atoms with E-state index in [-0.39, 0.29) is 11.3 Å². The summed E-state index contributed by atoms with van der Waals surface area (Å²) >= 11 is 0. The highest BCUT2D eigenvalue weighted by Gasteiger charge is 2.14. The van der Waals surface area contributed by atoms with Crippen molar-refractivity contribution in [3.05, 3.63) is 59.7 Å². The summed E-state index contributed by atoms with van der Waals surface area (Å²) in [5.41, 5.74) is 8.32. The van der Waals surface area contributed by atoms with E-state index in [9.17, 15) is 4.79 Å². The maximum absolute atomic E-state index is 12.1. The van der Waals surface area contributed by atoms with E-state index in [0.717, 1.165) is 0 Å². The molecule has 2 aromatic rings. The largest absolute Gasteiger partial charge is 0.490 e. The van der Waals surface area contributed by atoms with Gasteiger partial charge in [0.25, 0.3) is 5.91 Å². The van der Waals surface area contributed by atoms with Crippen LogP contribution >= 0.6 is 0 Å². The molecular weight excluding hydrogens is 288 g/mol. The highest BCUT2D eigenvalue weighted by molar-refractivity contribution is 5.94. The lowest BCUT2D eigenvalue weighted by Crippen LogP contribution is -2.28. The Kier molecular flexibility index (Phi) is 5.27. The molecule has 0 aliphatic heterocycles. The van der Waals surface area contributed by atoms with Gasteiger partial charge in [0.15, 0.2) is 0 Å². The fraction of sp³-hybridized carbons (Fsp3) is 0.316. The standard InChI is InChI=1S/C19H24N2O2/c1-19(2,3)15-10-8-14(9-11-15)18(22)21-12-13-23-17-7-5-4-6-16(17)20/h4-11H,12-13,20H2,1-3H3,(H,21,22). The molecule has 0 radical (unpaired) electrons. The van der Waals surface area contributed by atoms with E-state index < -0.39 is 0 Å². The minimum Gasteiger partial charge on any atom is -0.490 e. The molecular formula is C19H24N2O2. The third-order valence-corrected chi connectivity index (χ3v) is 3.58. The van der Waals surface area contributed by atoms with Gasteiger partial charge in [-0.25, -0.2) is 0 Å². The first kappa shape index (κ1) is 16.9. The normalized spacial score (nSPS) is 11.1. The van der Waals surface area contributed by atoms with Crippen molar-refractivity contribution in [3.63, 3.8) is 0 Å². The molecule has 0 fully saturated rings. The van der Waals surface area contributed by atoms with Crippen molar-refractivity contribution >= 4 is 11.6 Å². The Bertz CT molecular complexity index is 658. The first-order valence-corrected chi connectivity index (χ1v) is 7.74. The zero-order chi connectivity index (χ0) is 16.9. The van der Waals surface area contributed by atoms with Crippen LogP contribution in [-0.2, 0) is 5.41 Å². The van der Waals surface area contributed by atoms with E-state index in [1.807, 2.05) is 42.5 Å². The topological polar surface area (TPSA) is 64.3 Å². The fourth-order valence-corrected chi connectivity index (χ4v) is 2.16. The Morgan fingerprint density at radius 3 is 2.35 bits per heavy atom. The van der Waals surface area contributed by atoms with Crippen LogP contribution in [0, 0.1) is 0 Å². The summed E-state index contributed by atoms with van der Waals surface area (Å²) in [6, 6.07) is 15.0. The lowest BCUT2D eigenvalue weighted by Gasteiger charge is -2.19. The molecule has 2 rings (SSSR count). The second-order valence-electron chi connectivity index (χ2n) is 6.47. The number of amides is 1. The van der Waals surface area contributed by atoms with Gasteiger partial charge in [0.05, 0.1) is 12.2 Å². The summed E-state index contributed by atoms with van der Waals surface area (Å²) in [7, 11) is 0. The van der Waals surface area contributed by atoms with Gasteiger partial charge >= 0.3 is 0 Å². The quantitative estimate of drug-likeness (QED) is 0.657. The summed E-state index contributed by atoms with van der Waals surface area (Å²) in [5, 5.41) is 2.84. The van der Waals surface area contributed by atoms with Crippen LogP contribution < -0.4 is 15.8 Å². The van der Waals surface area contributed by atoms with Crippen LogP contribution in [0.15, 0.2) is 48.5 Å². The second kappa shape index (κ2) is 7.18. The Morgan fingerprint density at radius 2 is 1.74 bits per heavy atom. The molecule has 0 saturated carbocycles. The van der Waals surface area contributed by atoms with Gasteiger partial charge in [-0.15, -0.1) is 0 Å². The average molecular weight is 312 g/mol. The summed E-state index contributed by atoms with van der Waals surface area (Å²) in [6.07, 6.45) is 0. The molecule has 0 spiro atoms. The first-order chi connectivity index (χ1) is 10.9. The molecule has 4 heteroatoms. The zero-order valence-electron chi connectivity index (χ0n) is 13.9. The maximum atomic E-state index is 12.1. The van der Waals surface area contributed by atoms with E-state index in [1.165, 1.54) is 5.56 Å². The third kappa shape index (κ3) is 4.74. The van der Waals surface area contributed by atoms with E-state index in [0.29, 0.717) is 30.2 Å². The molecule has 0 bridgehead atoms. The number of anilines is 1. The van der Waals surface area contributed by atoms with Crippen molar-refractivity contribution in [1.82, 2.24) is 5.32 Å². The molecule has 3 N–H and O–H groups in total. The number of nitrogens with one attached hydrogen (secondary N) is 1. The predicted molar refractivity (Wildman–Crippen MR) is 93.8 cm³/mol. The molecule has 0 aliphatic rings. The molecule has 1 amide bonds. The predicted octanol–water partition coefficient (Wildman–Crippen LogP) is 3.38. The summed E-state index contributed by atoms with van der Waals surface area (Å²) < 4.78 is 5.55. The van der Waals surface area contributed by atoms with Gasteiger partial charge in [0, 0.05) is 5.56 Å². The highest BCUT2D eigenvalue weighted by Crippen LogP contribution is 2.22. The fourth-order valence-electron chi connectivity index (χ4n) is 2.16. The van der Waals surface area contributed by atoms with Gasteiger partial charge in [-0.3, -0.25) is 4.79 Å². The zero-order valence-corrected chi connectivity index (χ0v) is 13.9. The molecule has 0 unspecified atom stereocenters. The van der Waals surface area contributed by atoms with Crippen LogP contribution in [0.3, 0.4) is 0 Å². The molecule has 0 aromatic heterocycles. The SMILES string of the molecule is CC(C)(C)c1ccc(C(=O)NCCOc2ccccc2N)cc1. The molecule has 0 heterocycles. The van der Waals surface area contributed by atoms with Crippen molar-refractivity contribution in [3.8, 4) is 5.75 Å². The number of hydrogen-bond donors (Lipinski definition) is 2. The second-order valence-corrected chi connectivity index (χ2v) is 6.47. The lowest BCUT2D eigenvalue weighted by atomic mass is 9.87. The van der Waals surface area contributed by atoms with E-state index >= 15 is 0 Å². The van der Waals surface area contributed by atoms with E-state index in [4.69, 9.17) is 10.5 Å². The summed E-state index contributed by atoms with van der Waals surface area (Å²) in [6.45, 7) is 7.24. The number of nitrogen functional groups attached to an aromatic ring is 1. The Hall–Kier alpha value is -2.49. The first-order valence-electron chi connectivity index (χ1n) is 7.74. The van der Waals surface area contributed by atoms with E-state index in [2.05, 4.69) is 26.1 Å². The molecule has 23 heavy (non-hydrogen) atoms. The molecule has 4 nitrogen and oxygen atoms in total. The minimum absolute atomic E-state index is 0.0818. The van der Waals surface area contributed by atoms with Crippen molar-refractivity contribution in [2.45, 2.75) is 26.2 Å². The van der Waals surface area contributed by atoms with Gasteiger partial charge in [0.1, 0.15) is 12.4 Å². The summed E-state index contributed by atoms with van der Waals surface area (Å²) in [5.74, 6) is 0.534. The van der Waals surface area contributed by atoms with Crippen LogP contribution in [0.2, 0.25) is 0 Å². The van der Waals surface area contributed by atoms with Gasteiger partial charge in [-0.05, 0) is 35.2 Å². The monoisotopic (exact) mass is 312 g/mol. The average Bonchev–Trinajstić information content (AvgIpc) is 2.52. The van der Waals surface area contributed by atoms with Gasteiger partial charge in [-0.1, -0.05) is 45.0 Å². The number of ether oxygens (including phenoxy) is 1. The van der Waals surface area contributed by atoms with Crippen LogP contribution in [0.4, 0.5) is 5.69 Å². The van der Waals surface area contributed by atoms with Crippen molar-refractivity contribution in [2.75, 3.05) is 18.9 Å². The number of nitrogens with two attached hydrogens (primary N) is 1. The van der Waals surface area contributed by atoms with Crippen LogP contribution in [0.5, 0.6) is 5.75 Å². The van der Waals surface area contributed by atoms with Gasteiger partial charge in [0.2, 0.25) is 0 Å². The number of carbonyl (C=O) groups is 1. The van der Waals surface area contributed by atoms with Gasteiger partial charge in [-0.2, -0.15) is 0 Å². The smallest absolute Gasteiger partial charge is 0.251 e. The number of para-hydroxylation sites is 2. The Labute approximate surface area is 137 Å². The number of carbonyl (C=O) groups excluding carboxylic acids is 1. The van der Waals surface area contributed by atoms with Crippen molar-refractivity contribution < 1.29 is 9.53 Å². The van der Waals surface area contributed by atoms with Crippen LogP contribution in [0.25, 0.3) is 0 Å². The van der Waals surface area contributed by atoms with Crippen LogP contribution in [-0.4, -0.2) is 19.1 Å². The van der Waals surface area contributed by atoms with Crippen molar-refractivity contribution in [2.24, 2.45) is 0 Å². The Balaban J connectivity index is 1.82. The Morgan fingerprint density at radius 1 is 1.09 bits per heavy atom. The molecule has 0 aliphatic carbocycles. The third-order valence-electron chi connectivity index (χ3n) is 3.58. The minimum atomic E-state index is -0.102. The highest BCUT2D eigenvalue weighted by atomic mass is 16.5. The number of hydrogen-bond acceptors (Lipinski definition) is 3. The molecule has 0 atom stereocenters.